The van der Waals surface area contributed by atoms with Crippen LogP contribution < -0.4 is 5.32 Å². The van der Waals surface area contributed by atoms with Gasteiger partial charge in [-0.15, -0.1) is 0 Å². The molecule has 2 N–H and O–H groups in total. The van der Waals surface area contributed by atoms with E-state index in [1.54, 1.807) is 25.3 Å². The van der Waals surface area contributed by atoms with Crippen LogP contribution in [0.15, 0.2) is 42.1 Å². The molecule has 0 bridgehead atoms. The minimum absolute atomic E-state index is 0.112. The summed E-state index contributed by atoms with van der Waals surface area (Å²) in [5.74, 6) is 0.695. The van der Waals surface area contributed by atoms with Crippen LogP contribution in [-0.4, -0.2) is 41.2 Å². The number of nitrogens with one attached hydrogen (secondary N) is 2. The molecule has 0 aromatic carbocycles. The molecule has 2 aliphatic rings. The molecule has 2 amide bonds. The molecule has 1 aliphatic heterocycles. The van der Waals surface area contributed by atoms with Crippen molar-refractivity contribution in [2.24, 2.45) is 0 Å². The summed E-state index contributed by atoms with van der Waals surface area (Å²) in [6.07, 6.45) is 7.90. The molecule has 2 aromatic rings. The Morgan fingerprint density at radius 1 is 1.38 bits per heavy atom. The predicted molar refractivity (Wildman–Crippen MR) is 89.2 cm³/mol. The number of methoxy groups -OCH3 is 2. The lowest BCUT2D eigenvalue weighted by atomic mass is 10.0. The Morgan fingerprint density at radius 3 is 3.04 bits per heavy atom. The number of rotatable bonds is 3. The smallest absolute Gasteiger partial charge is 0.326 e. The first-order valence-electron chi connectivity index (χ1n) is 7.72. The van der Waals surface area contributed by atoms with E-state index in [4.69, 9.17) is 9.47 Å². The quantitative estimate of drug-likeness (QED) is 0.909. The molecule has 7 nitrogen and oxygen atoms in total. The molecule has 7 heteroatoms. The van der Waals surface area contributed by atoms with Crippen molar-refractivity contribution in [1.82, 2.24) is 14.9 Å². The summed E-state index contributed by atoms with van der Waals surface area (Å²) >= 11 is 0. The molecule has 0 saturated heterocycles. The number of pyridine rings is 1. The van der Waals surface area contributed by atoms with Gasteiger partial charge < -0.3 is 19.8 Å². The van der Waals surface area contributed by atoms with E-state index in [0.717, 1.165) is 28.0 Å². The number of allylic oxidation sites excluding steroid dienone is 1. The number of hydrogen-bond acceptors (Lipinski definition) is 4. The van der Waals surface area contributed by atoms with Crippen LogP contribution in [0.5, 0.6) is 0 Å². The predicted octanol–water partition coefficient (Wildman–Crippen LogP) is 2.74. The average molecular weight is 326 g/mol. The zero-order valence-corrected chi connectivity index (χ0v) is 13.5. The first-order chi connectivity index (χ1) is 11.7. The van der Waals surface area contributed by atoms with Gasteiger partial charge in [0.1, 0.15) is 11.4 Å². The van der Waals surface area contributed by atoms with Crippen molar-refractivity contribution in [3.8, 4) is 0 Å². The maximum Gasteiger partial charge on any atom is 0.326 e. The molecule has 2 aromatic heterocycles. The third kappa shape index (κ3) is 2.33. The van der Waals surface area contributed by atoms with Gasteiger partial charge in [0.2, 0.25) is 0 Å². The van der Waals surface area contributed by atoms with Gasteiger partial charge in [-0.3, -0.25) is 4.90 Å². The standard InChI is InChI=1S/C17H18N4O3/c1-23-12-5-11(6-13(7-12)24-2)21-9-10-8-19-16-14(3-4-18-16)15(10)20-17(21)22/h3-5,7-8,13H,6,9H2,1-2H3,(H,18,19)(H,20,22). The fourth-order valence-electron chi connectivity index (χ4n) is 3.15. The molecule has 0 saturated carbocycles. The summed E-state index contributed by atoms with van der Waals surface area (Å²) in [5, 5.41) is 3.91. The van der Waals surface area contributed by atoms with Gasteiger partial charge in [0.15, 0.2) is 0 Å². The summed E-state index contributed by atoms with van der Waals surface area (Å²) in [5.41, 5.74) is 3.43. The van der Waals surface area contributed by atoms with Crippen LogP contribution in [0.25, 0.3) is 11.0 Å². The van der Waals surface area contributed by atoms with Crippen LogP contribution in [0.2, 0.25) is 0 Å². The van der Waals surface area contributed by atoms with Crippen LogP contribution in [-0.2, 0) is 16.0 Å². The maximum absolute atomic E-state index is 12.7. The molecule has 1 unspecified atom stereocenters. The Bertz CT molecular complexity index is 868. The fraction of sp³-hybridized carbons (Fsp3) is 0.294. The lowest BCUT2D eigenvalue weighted by Gasteiger charge is -2.33. The van der Waals surface area contributed by atoms with Crippen LogP contribution in [0.1, 0.15) is 12.0 Å². The minimum Gasteiger partial charge on any atom is -0.497 e. The van der Waals surface area contributed by atoms with Crippen LogP contribution in [0.4, 0.5) is 10.5 Å². The molecule has 4 rings (SSSR count). The maximum atomic E-state index is 12.7. The SMILES string of the molecule is COC1=CC(OC)CC(N2Cc3cnc4[nH]ccc4c3NC2=O)=C1. The summed E-state index contributed by atoms with van der Waals surface area (Å²) in [7, 11) is 3.26. The summed E-state index contributed by atoms with van der Waals surface area (Å²) < 4.78 is 10.8. The van der Waals surface area contributed by atoms with Crippen molar-refractivity contribution < 1.29 is 14.3 Å². The van der Waals surface area contributed by atoms with Crippen LogP contribution in [0.3, 0.4) is 0 Å². The van der Waals surface area contributed by atoms with Gasteiger partial charge in [0.25, 0.3) is 0 Å². The largest absolute Gasteiger partial charge is 0.497 e. The van der Waals surface area contributed by atoms with Crippen molar-refractivity contribution >= 4 is 22.8 Å². The second-order valence-corrected chi connectivity index (χ2v) is 5.80. The Hall–Kier alpha value is -2.80. The molecule has 1 atom stereocenters. The number of aromatic nitrogens is 2. The second kappa shape index (κ2) is 5.68. The molecule has 24 heavy (non-hydrogen) atoms. The highest BCUT2D eigenvalue weighted by Gasteiger charge is 2.30. The third-order valence-electron chi connectivity index (χ3n) is 4.43. The zero-order chi connectivity index (χ0) is 16.7. The topological polar surface area (TPSA) is 79.5 Å². The number of fused-ring (bicyclic) bond motifs is 3. The Balaban J connectivity index is 1.69. The van der Waals surface area contributed by atoms with E-state index >= 15 is 0 Å². The lowest BCUT2D eigenvalue weighted by molar-refractivity contribution is 0.125. The van der Waals surface area contributed by atoms with Crippen molar-refractivity contribution in [1.29, 1.82) is 0 Å². The van der Waals surface area contributed by atoms with Gasteiger partial charge in [-0.05, 0) is 18.2 Å². The first-order valence-corrected chi connectivity index (χ1v) is 7.72. The Kier molecular flexibility index (Phi) is 3.50. The number of amides is 2. The van der Waals surface area contributed by atoms with Gasteiger partial charge in [-0.1, -0.05) is 0 Å². The monoisotopic (exact) mass is 326 g/mol. The van der Waals surface area contributed by atoms with Gasteiger partial charge in [0.05, 0.1) is 25.4 Å². The number of carbonyl (C=O) groups is 1. The molecule has 124 valence electrons. The van der Waals surface area contributed by atoms with Gasteiger partial charge >= 0.3 is 6.03 Å². The molecular formula is C17H18N4O3. The molecule has 0 fully saturated rings. The van der Waals surface area contributed by atoms with Gasteiger partial charge in [-0.25, -0.2) is 9.78 Å². The highest BCUT2D eigenvalue weighted by atomic mass is 16.5. The van der Waals surface area contributed by atoms with E-state index in [9.17, 15) is 4.79 Å². The molecule has 3 heterocycles. The van der Waals surface area contributed by atoms with E-state index in [-0.39, 0.29) is 12.1 Å². The van der Waals surface area contributed by atoms with E-state index < -0.39 is 0 Å². The fourth-order valence-corrected chi connectivity index (χ4v) is 3.15. The van der Waals surface area contributed by atoms with Gasteiger partial charge in [0, 0.05) is 42.6 Å². The van der Waals surface area contributed by atoms with Crippen molar-refractivity contribution in [2.75, 3.05) is 19.5 Å². The number of nitrogens with zero attached hydrogens (tertiary/aromatic N) is 2. The third-order valence-corrected chi connectivity index (χ3v) is 4.43. The zero-order valence-electron chi connectivity index (χ0n) is 13.5. The molecule has 1 aliphatic carbocycles. The Morgan fingerprint density at radius 2 is 2.25 bits per heavy atom. The van der Waals surface area contributed by atoms with E-state index in [1.165, 1.54) is 0 Å². The van der Waals surface area contributed by atoms with E-state index in [1.807, 2.05) is 24.4 Å². The number of ether oxygens (including phenoxy) is 2. The Labute approximate surface area is 138 Å². The highest BCUT2D eigenvalue weighted by Crippen LogP contribution is 2.33. The van der Waals surface area contributed by atoms with Crippen LogP contribution in [0, 0.1) is 0 Å². The second-order valence-electron chi connectivity index (χ2n) is 5.80. The van der Waals surface area contributed by atoms with Crippen LogP contribution >= 0.6 is 0 Å². The first kappa shape index (κ1) is 14.8. The van der Waals surface area contributed by atoms with E-state index in [0.29, 0.717) is 18.7 Å². The number of anilines is 1. The number of urea groups is 1. The lowest BCUT2D eigenvalue weighted by Crippen LogP contribution is -2.39. The van der Waals surface area contributed by atoms with Crippen molar-refractivity contribution in [3.05, 3.63) is 47.6 Å². The highest BCUT2D eigenvalue weighted by molar-refractivity contribution is 6.03. The van der Waals surface area contributed by atoms with E-state index in [2.05, 4.69) is 15.3 Å². The number of carbonyl (C=O) groups excluding carboxylic acids is 1. The number of H-pyrrole nitrogens is 1. The summed E-state index contributed by atoms with van der Waals surface area (Å²) in [6, 6.07) is 1.76. The molecule has 0 spiro atoms. The van der Waals surface area contributed by atoms with Crippen molar-refractivity contribution in [3.63, 3.8) is 0 Å². The molecule has 0 radical (unpaired) electrons. The summed E-state index contributed by atoms with van der Waals surface area (Å²) in [6.45, 7) is 0.467. The number of hydrogen-bond donors (Lipinski definition) is 2. The average Bonchev–Trinajstić information content (AvgIpc) is 3.10. The van der Waals surface area contributed by atoms with Gasteiger partial charge in [-0.2, -0.15) is 0 Å². The van der Waals surface area contributed by atoms with Crippen molar-refractivity contribution in [2.45, 2.75) is 19.1 Å². The minimum atomic E-state index is -0.158. The summed E-state index contributed by atoms with van der Waals surface area (Å²) in [4.78, 5) is 21.8. The normalized spacial score (nSPS) is 20.3. The molecular weight excluding hydrogens is 308 g/mol. The number of aromatic amines is 1.